The molecule has 3 rings (SSSR count). The molecule has 0 aliphatic carbocycles. The van der Waals surface area contributed by atoms with E-state index in [0.29, 0.717) is 12.0 Å². The highest BCUT2D eigenvalue weighted by Gasteiger charge is 2.15. The van der Waals surface area contributed by atoms with Crippen molar-refractivity contribution in [2.24, 2.45) is 0 Å². The number of nitrogens with zero attached hydrogens (tertiary/aromatic N) is 3. The van der Waals surface area contributed by atoms with Crippen molar-refractivity contribution >= 4 is 5.82 Å². The predicted octanol–water partition coefficient (Wildman–Crippen LogP) is 2.83. The molecule has 2 N–H and O–H groups in total. The molecular weight excluding hydrogens is 274 g/mol. The molecule has 1 unspecified atom stereocenters. The third-order valence-corrected chi connectivity index (χ3v) is 3.88. The van der Waals surface area contributed by atoms with Crippen LogP contribution in [0, 0.1) is 0 Å². The van der Waals surface area contributed by atoms with Crippen molar-refractivity contribution < 1.29 is 0 Å². The summed E-state index contributed by atoms with van der Waals surface area (Å²) in [5, 5.41) is 6.98. The van der Waals surface area contributed by atoms with Gasteiger partial charge in [-0.25, -0.2) is 9.97 Å². The first-order valence-corrected chi connectivity index (χ1v) is 7.99. The van der Waals surface area contributed by atoms with Crippen LogP contribution in [0.3, 0.4) is 0 Å². The second-order valence-corrected chi connectivity index (χ2v) is 6.07. The molecule has 1 aliphatic rings. The minimum absolute atomic E-state index is 0.298. The molecule has 5 nitrogen and oxygen atoms in total. The number of piperidine rings is 1. The highest BCUT2D eigenvalue weighted by atomic mass is 15.1. The Labute approximate surface area is 131 Å². The summed E-state index contributed by atoms with van der Waals surface area (Å²) in [6.45, 7) is 6.35. The van der Waals surface area contributed by atoms with Gasteiger partial charge in [-0.1, -0.05) is 13.8 Å². The van der Waals surface area contributed by atoms with Crippen LogP contribution >= 0.6 is 0 Å². The standard InChI is InChI=1S/C17H23N5/c1-12(2)17-21-15(13-5-8-18-9-6-13)10-16(22-17)20-14-4-3-7-19-11-14/h5-6,8-10,12,14,19H,3-4,7,11H2,1-2H3,(H,20,21,22). The second kappa shape index (κ2) is 6.83. The predicted molar refractivity (Wildman–Crippen MR) is 88.9 cm³/mol. The van der Waals surface area contributed by atoms with Crippen LogP contribution in [0.5, 0.6) is 0 Å². The van der Waals surface area contributed by atoms with Gasteiger partial charge < -0.3 is 10.6 Å². The van der Waals surface area contributed by atoms with E-state index in [-0.39, 0.29) is 0 Å². The van der Waals surface area contributed by atoms with Crippen LogP contribution in [-0.2, 0) is 0 Å². The maximum absolute atomic E-state index is 4.70. The Kier molecular flexibility index (Phi) is 4.63. The summed E-state index contributed by atoms with van der Waals surface area (Å²) in [4.78, 5) is 13.5. The molecule has 1 atom stereocenters. The van der Waals surface area contributed by atoms with E-state index in [1.165, 1.54) is 12.8 Å². The average molecular weight is 297 g/mol. The van der Waals surface area contributed by atoms with Gasteiger partial charge in [-0.2, -0.15) is 0 Å². The first-order valence-electron chi connectivity index (χ1n) is 7.99. The molecule has 0 saturated carbocycles. The number of hydrogen-bond acceptors (Lipinski definition) is 5. The van der Waals surface area contributed by atoms with Gasteiger partial charge >= 0.3 is 0 Å². The van der Waals surface area contributed by atoms with Crippen LogP contribution in [0.2, 0.25) is 0 Å². The number of anilines is 1. The van der Waals surface area contributed by atoms with E-state index in [1.54, 1.807) is 12.4 Å². The van der Waals surface area contributed by atoms with Crippen molar-refractivity contribution in [2.45, 2.75) is 38.6 Å². The minimum atomic E-state index is 0.298. The first kappa shape index (κ1) is 14.9. The first-order chi connectivity index (χ1) is 10.7. The van der Waals surface area contributed by atoms with Gasteiger partial charge in [0.1, 0.15) is 11.6 Å². The zero-order valence-electron chi connectivity index (χ0n) is 13.2. The summed E-state index contributed by atoms with van der Waals surface area (Å²) in [6, 6.07) is 6.45. The summed E-state index contributed by atoms with van der Waals surface area (Å²) in [5.74, 6) is 2.09. The Balaban J connectivity index is 1.90. The molecule has 2 aromatic heterocycles. The highest BCUT2D eigenvalue weighted by molar-refractivity contribution is 5.62. The third-order valence-electron chi connectivity index (χ3n) is 3.88. The number of pyridine rings is 1. The molecule has 2 aromatic rings. The largest absolute Gasteiger partial charge is 0.366 e. The SMILES string of the molecule is CC(C)c1nc(NC2CCCNC2)cc(-c2ccncc2)n1. The number of hydrogen-bond donors (Lipinski definition) is 2. The van der Waals surface area contributed by atoms with Crippen LogP contribution in [0.15, 0.2) is 30.6 Å². The molecule has 5 heteroatoms. The second-order valence-electron chi connectivity index (χ2n) is 6.07. The van der Waals surface area contributed by atoms with Gasteiger partial charge in [-0.05, 0) is 31.5 Å². The Morgan fingerprint density at radius 3 is 2.73 bits per heavy atom. The van der Waals surface area contributed by atoms with Gasteiger partial charge in [-0.3, -0.25) is 4.98 Å². The molecular formula is C17H23N5. The van der Waals surface area contributed by atoms with Gasteiger partial charge in [0.05, 0.1) is 5.69 Å². The van der Waals surface area contributed by atoms with Crippen molar-refractivity contribution in [1.29, 1.82) is 0 Å². The fourth-order valence-electron chi connectivity index (χ4n) is 2.65. The van der Waals surface area contributed by atoms with E-state index in [2.05, 4.69) is 34.4 Å². The van der Waals surface area contributed by atoms with Gasteiger partial charge in [0.15, 0.2) is 0 Å². The maximum atomic E-state index is 4.70. The molecule has 0 bridgehead atoms. The Hall–Kier alpha value is -2.01. The highest BCUT2D eigenvalue weighted by Crippen LogP contribution is 2.23. The van der Waals surface area contributed by atoms with E-state index in [1.807, 2.05) is 18.2 Å². The molecule has 1 fully saturated rings. The van der Waals surface area contributed by atoms with Crippen LogP contribution in [0.4, 0.5) is 5.82 Å². The quantitative estimate of drug-likeness (QED) is 0.908. The van der Waals surface area contributed by atoms with Crippen LogP contribution < -0.4 is 10.6 Å². The fourth-order valence-corrected chi connectivity index (χ4v) is 2.65. The molecule has 1 saturated heterocycles. The summed E-state index contributed by atoms with van der Waals surface area (Å²) in [6.07, 6.45) is 5.98. The van der Waals surface area contributed by atoms with Crippen molar-refractivity contribution in [3.63, 3.8) is 0 Å². The van der Waals surface area contributed by atoms with E-state index in [4.69, 9.17) is 4.98 Å². The number of rotatable bonds is 4. The summed E-state index contributed by atoms with van der Waals surface area (Å²) in [5.41, 5.74) is 2.02. The number of aromatic nitrogens is 3. The summed E-state index contributed by atoms with van der Waals surface area (Å²) < 4.78 is 0. The average Bonchev–Trinajstić information content (AvgIpc) is 2.56. The van der Waals surface area contributed by atoms with Crippen molar-refractivity contribution in [3.05, 3.63) is 36.4 Å². The lowest BCUT2D eigenvalue weighted by Gasteiger charge is -2.24. The molecule has 0 radical (unpaired) electrons. The zero-order valence-corrected chi connectivity index (χ0v) is 13.2. The minimum Gasteiger partial charge on any atom is -0.366 e. The number of nitrogens with one attached hydrogen (secondary N) is 2. The molecule has 1 aliphatic heterocycles. The zero-order chi connectivity index (χ0) is 15.4. The molecule has 0 amide bonds. The van der Waals surface area contributed by atoms with Crippen molar-refractivity contribution in [1.82, 2.24) is 20.3 Å². The van der Waals surface area contributed by atoms with Crippen molar-refractivity contribution in [3.8, 4) is 11.3 Å². The Bertz CT molecular complexity index is 606. The van der Waals surface area contributed by atoms with E-state index in [0.717, 1.165) is 36.0 Å². The van der Waals surface area contributed by atoms with Gasteiger partial charge in [0.2, 0.25) is 0 Å². The Morgan fingerprint density at radius 1 is 1.23 bits per heavy atom. The lowest BCUT2D eigenvalue weighted by molar-refractivity contribution is 0.478. The normalized spacial score (nSPS) is 18.4. The molecule has 0 aromatic carbocycles. The lowest BCUT2D eigenvalue weighted by Crippen LogP contribution is -2.38. The Morgan fingerprint density at radius 2 is 2.05 bits per heavy atom. The lowest BCUT2D eigenvalue weighted by atomic mass is 10.1. The van der Waals surface area contributed by atoms with E-state index >= 15 is 0 Å². The monoisotopic (exact) mass is 297 g/mol. The van der Waals surface area contributed by atoms with Crippen LogP contribution in [0.1, 0.15) is 38.4 Å². The third kappa shape index (κ3) is 3.60. The molecule has 22 heavy (non-hydrogen) atoms. The topological polar surface area (TPSA) is 62.7 Å². The van der Waals surface area contributed by atoms with Gasteiger partial charge in [0.25, 0.3) is 0 Å². The summed E-state index contributed by atoms with van der Waals surface area (Å²) in [7, 11) is 0. The van der Waals surface area contributed by atoms with E-state index in [9.17, 15) is 0 Å². The van der Waals surface area contributed by atoms with Gasteiger partial charge in [0, 0.05) is 42.5 Å². The molecule has 116 valence electrons. The van der Waals surface area contributed by atoms with Crippen LogP contribution in [-0.4, -0.2) is 34.1 Å². The van der Waals surface area contributed by atoms with Crippen LogP contribution in [0.25, 0.3) is 11.3 Å². The van der Waals surface area contributed by atoms with Gasteiger partial charge in [-0.15, -0.1) is 0 Å². The van der Waals surface area contributed by atoms with E-state index < -0.39 is 0 Å². The fraction of sp³-hybridized carbons (Fsp3) is 0.471. The molecule has 0 spiro atoms. The summed E-state index contributed by atoms with van der Waals surface area (Å²) >= 11 is 0. The molecule has 3 heterocycles. The smallest absolute Gasteiger partial charge is 0.133 e. The van der Waals surface area contributed by atoms with Crippen molar-refractivity contribution in [2.75, 3.05) is 18.4 Å². The maximum Gasteiger partial charge on any atom is 0.133 e.